The minimum Gasteiger partial charge on any atom is -0.355 e. The van der Waals surface area contributed by atoms with Crippen molar-refractivity contribution in [1.29, 1.82) is 0 Å². The van der Waals surface area contributed by atoms with Crippen LogP contribution in [0.2, 0.25) is 0 Å². The van der Waals surface area contributed by atoms with Crippen molar-refractivity contribution >= 4 is 22.8 Å². The number of amides is 2. The number of nitrogens with one attached hydrogen (secondary N) is 2. The van der Waals surface area contributed by atoms with Crippen molar-refractivity contribution in [1.82, 2.24) is 20.2 Å². The lowest BCUT2D eigenvalue weighted by molar-refractivity contribution is -0.121. The van der Waals surface area contributed by atoms with Gasteiger partial charge in [-0.15, -0.1) is 0 Å². The van der Waals surface area contributed by atoms with E-state index in [-0.39, 0.29) is 18.4 Å². The molecule has 0 radical (unpaired) electrons. The molecule has 0 saturated heterocycles. The number of aryl methyl sites for hydroxylation is 1. The highest BCUT2D eigenvalue weighted by Gasteiger charge is 2.13. The molecule has 0 aliphatic heterocycles. The van der Waals surface area contributed by atoms with Crippen molar-refractivity contribution in [2.24, 2.45) is 0 Å². The van der Waals surface area contributed by atoms with E-state index in [0.29, 0.717) is 25.1 Å². The third-order valence-corrected chi connectivity index (χ3v) is 4.32. The number of carbonyl (C=O) groups excluding carboxylic acids is 2. The van der Waals surface area contributed by atoms with Gasteiger partial charge in [0.1, 0.15) is 12.4 Å². The molecule has 3 rings (SSSR count). The van der Waals surface area contributed by atoms with E-state index in [1.807, 2.05) is 60.9 Å². The Balaban J connectivity index is 1.72. The Morgan fingerprint density at radius 3 is 2.67 bits per heavy atom. The van der Waals surface area contributed by atoms with Crippen LogP contribution in [0.25, 0.3) is 11.0 Å². The van der Waals surface area contributed by atoms with E-state index < -0.39 is 0 Å². The fourth-order valence-corrected chi connectivity index (χ4v) is 3.07. The van der Waals surface area contributed by atoms with Crippen LogP contribution < -0.4 is 10.6 Å². The SMILES string of the molecule is CCNC(=O)Cn1c(CCNC(=O)c2cccc(C)c2)nc2ccccc21. The van der Waals surface area contributed by atoms with Crippen LogP contribution in [-0.4, -0.2) is 34.5 Å². The predicted molar refractivity (Wildman–Crippen MR) is 106 cm³/mol. The number of fused-ring (bicyclic) bond motifs is 1. The van der Waals surface area contributed by atoms with Gasteiger partial charge in [0, 0.05) is 25.1 Å². The van der Waals surface area contributed by atoms with E-state index in [1.165, 1.54) is 0 Å². The van der Waals surface area contributed by atoms with Crippen LogP contribution in [0, 0.1) is 6.92 Å². The number of benzene rings is 2. The Labute approximate surface area is 158 Å². The third kappa shape index (κ3) is 4.53. The second-order valence-corrected chi connectivity index (χ2v) is 6.43. The maximum atomic E-state index is 12.3. The van der Waals surface area contributed by atoms with Crippen molar-refractivity contribution in [2.75, 3.05) is 13.1 Å². The highest BCUT2D eigenvalue weighted by Crippen LogP contribution is 2.16. The molecule has 0 atom stereocenters. The van der Waals surface area contributed by atoms with Gasteiger partial charge in [0.2, 0.25) is 5.91 Å². The number of nitrogens with zero attached hydrogens (tertiary/aromatic N) is 2. The topological polar surface area (TPSA) is 76.0 Å². The monoisotopic (exact) mass is 364 g/mol. The minimum atomic E-state index is -0.106. The number of hydrogen-bond donors (Lipinski definition) is 2. The van der Waals surface area contributed by atoms with Crippen molar-refractivity contribution in [3.8, 4) is 0 Å². The van der Waals surface area contributed by atoms with E-state index in [4.69, 9.17) is 0 Å². The van der Waals surface area contributed by atoms with Crippen LogP contribution in [0.3, 0.4) is 0 Å². The maximum Gasteiger partial charge on any atom is 0.251 e. The summed E-state index contributed by atoms with van der Waals surface area (Å²) in [6.45, 7) is 5.11. The summed E-state index contributed by atoms with van der Waals surface area (Å²) in [5, 5.41) is 5.75. The molecular formula is C21H24N4O2. The van der Waals surface area contributed by atoms with Gasteiger partial charge in [-0.05, 0) is 38.1 Å². The molecule has 6 nitrogen and oxygen atoms in total. The molecular weight excluding hydrogens is 340 g/mol. The first-order valence-electron chi connectivity index (χ1n) is 9.14. The van der Waals surface area contributed by atoms with Crippen molar-refractivity contribution < 1.29 is 9.59 Å². The molecule has 6 heteroatoms. The van der Waals surface area contributed by atoms with Crippen LogP contribution in [0.1, 0.15) is 28.7 Å². The first kappa shape index (κ1) is 18.6. The fourth-order valence-electron chi connectivity index (χ4n) is 3.07. The van der Waals surface area contributed by atoms with Gasteiger partial charge in [0.25, 0.3) is 5.91 Å². The highest BCUT2D eigenvalue weighted by atomic mass is 16.2. The Bertz CT molecular complexity index is 962. The van der Waals surface area contributed by atoms with Crippen molar-refractivity contribution in [3.05, 3.63) is 65.5 Å². The summed E-state index contributed by atoms with van der Waals surface area (Å²) in [5.41, 5.74) is 3.46. The van der Waals surface area contributed by atoms with Gasteiger partial charge in [-0.25, -0.2) is 4.98 Å². The quantitative estimate of drug-likeness (QED) is 0.676. The standard InChI is InChI=1S/C21H24N4O2/c1-3-22-20(26)14-25-18-10-5-4-9-17(18)24-19(25)11-12-23-21(27)16-8-6-7-15(2)13-16/h4-10,13H,3,11-12,14H2,1-2H3,(H,22,26)(H,23,27). The number of likely N-dealkylation sites (N-methyl/N-ethyl adjacent to an activating group) is 1. The smallest absolute Gasteiger partial charge is 0.251 e. The molecule has 2 aromatic carbocycles. The summed E-state index contributed by atoms with van der Waals surface area (Å²) in [4.78, 5) is 29.0. The van der Waals surface area contributed by atoms with Gasteiger partial charge >= 0.3 is 0 Å². The van der Waals surface area contributed by atoms with E-state index in [0.717, 1.165) is 22.4 Å². The normalized spacial score (nSPS) is 10.7. The molecule has 0 aliphatic rings. The van der Waals surface area contributed by atoms with Crippen molar-refractivity contribution in [2.45, 2.75) is 26.8 Å². The summed E-state index contributed by atoms with van der Waals surface area (Å²) >= 11 is 0. The summed E-state index contributed by atoms with van der Waals surface area (Å²) in [6, 6.07) is 15.2. The van der Waals surface area contributed by atoms with E-state index >= 15 is 0 Å². The molecule has 0 saturated carbocycles. The van der Waals surface area contributed by atoms with E-state index in [2.05, 4.69) is 15.6 Å². The zero-order chi connectivity index (χ0) is 19.2. The summed E-state index contributed by atoms with van der Waals surface area (Å²) in [7, 11) is 0. The van der Waals surface area contributed by atoms with Crippen molar-refractivity contribution in [3.63, 3.8) is 0 Å². The van der Waals surface area contributed by atoms with E-state index in [9.17, 15) is 9.59 Å². The molecule has 27 heavy (non-hydrogen) atoms. The van der Waals surface area contributed by atoms with Gasteiger partial charge < -0.3 is 15.2 Å². The Kier molecular flexibility index (Phi) is 5.86. The zero-order valence-corrected chi connectivity index (χ0v) is 15.7. The Morgan fingerprint density at radius 2 is 1.89 bits per heavy atom. The molecule has 0 bridgehead atoms. The summed E-state index contributed by atoms with van der Waals surface area (Å²) in [6.07, 6.45) is 0.547. The molecule has 140 valence electrons. The molecule has 2 N–H and O–H groups in total. The van der Waals surface area contributed by atoms with E-state index in [1.54, 1.807) is 6.07 Å². The fraction of sp³-hybridized carbons (Fsp3) is 0.286. The van der Waals surface area contributed by atoms with Gasteiger partial charge in [-0.1, -0.05) is 29.8 Å². The van der Waals surface area contributed by atoms with Gasteiger partial charge in [0.15, 0.2) is 0 Å². The Morgan fingerprint density at radius 1 is 1.07 bits per heavy atom. The van der Waals surface area contributed by atoms with Crippen LogP contribution in [0.15, 0.2) is 48.5 Å². The average molecular weight is 364 g/mol. The molecule has 0 spiro atoms. The number of aromatic nitrogens is 2. The highest BCUT2D eigenvalue weighted by molar-refractivity contribution is 5.94. The van der Waals surface area contributed by atoms with Gasteiger partial charge in [0.05, 0.1) is 11.0 Å². The van der Waals surface area contributed by atoms with Gasteiger partial charge in [-0.3, -0.25) is 9.59 Å². The number of rotatable bonds is 7. The van der Waals surface area contributed by atoms with Crippen LogP contribution >= 0.6 is 0 Å². The van der Waals surface area contributed by atoms with Crippen LogP contribution in [0.4, 0.5) is 0 Å². The second kappa shape index (κ2) is 8.49. The third-order valence-electron chi connectivity index (χ3n) is 4.32. The maximum absolute atomic E-state index is 12.3. The summed E-state index contributed by atoms with van der Waals surface area (Å²) in [5.74, 6) is 0.628. The van der Waals surface area contributed by atoms with Crippen LogP contribution in [-0.2, 0) is 17.8 Å². The molecule has 2 amide bonds. The first-order valence-corrected chi connectivity index (χ1v) is 9.14. The first-order chi connectivity index (χ1) is 13.1. The molecule has 1 heterocycles. The second-order valence-electron chi connectivity index (χ2n) is 6.43. The lowest BCUT2D eigenvalue weighted by Gasteiger charge is -2.10. The number of hydrogen-bond acceptors (Lipinski definition) is 3. The number of imidazole rings is 1. The average Bonchev–Trinajstić information content (AvgIpc) is 2.99. The molecule has 0 fully saturated rings. The number of para-hydroxylation sites is 2. The number of carbonyl (C=O) groups is 2. The summed E-state index contributed by atoms with van der Waals surface area (Å²) < 4.78 is 1.92. The minimum absolute atomic E-state index is 0.0503. The molecule has 3 aromatic rings. The zero-order valence-electron chi connectivity index (χ0n) is 15.7. The molecule has 0 unspecified atom stereocenters. The lowest BCUT2D eigenvalue weighted by atomic mass is 10.1. The van der Waals surface area contributed by atoms with Gasteiger partial charge in [-0.2, -0.15) is 0 Å². The molecule has 0 aliphatic carbocycles. The molecule has 1 aromatic heterocycles. The predicted octanol–water partition coefficient (Wildman–Crippen LogP) is 2.45. The lowest BCUT2D eigenvalue weighted by Crippen LogP contribution is -2.29. The Hall–Kier alpha value is -3.15. The van der Waals surface area contributed by atoms with Crippen LogP contribution in [0.5, 0.6) is 0 Å². The largest absolute Gasteiger partial charge is 0.355 e.